The molecule has 0 atom stereocenters. The van der Waals surface area contributed by atoms with Crippen molar-refractivity contribution < 1.29 is 4.92 Å². The molecule has 1 aromatic carbocycles. The smallest absolute Gasteiger partial charge is 0.281 e. The van der Waals surface area contributed by atoms with Crippen molar-refractivity contribution in [1.82, 2.24) is 9.78 Å². The van der Waals surface area contributed by atoms with Crippen molar-refractivity contribution in [2.24, 2.45) is 7.05 Å². The maximum atomic E-state index is 11.0. The molecular weight excluding hydrogens is 220 g/mol. The Balaban J connectivity index is 2.67. The van der Waals surface area contributed by atoms with E-state index < -0.39 is 4.92 Å². The summed E-state index contributed by atoms with van der Waals surface area (Å²) < 4.78 is 1.49. The summed E-state index contributed by atoms with van der Waals surface area (Å²) in [5, 5.41) is 15.2. The molecule has 0 saturated carbocycles. The van der Waals surface area contributed by atoms with E-state index in [-0.39, 0.29) is 5.69 Å². The van der Waals surface area contributed by atoms with Gasteiger partial charge in [-0.2, -0.15) is 5.10 Å². The number of rotatable bonds is 2. The van der Waals surface area contributed by atoms with E-state index in [1.807, 2.05) is 0 Å². The van der Waals surface area contributed by atoms with Crippen LogP contribution in [0.3, 0.4) is 0 Å². The third-order valence-electron chi connectivity index (χ3n) is 2.61. The lowest BCUT2D eigenvalue weighted by Gasteiger charge is -2.02. The molecule has 0 aliphatic carbocycles. The molecule has 1 aromatic heterocycles. The van der Waals surface area contributed by atoms with Gasteiger partial charge in [0, 0.05) is 18.7 Å². The van der Waals surface area contributed by atoms with Crippen LogP contribution in [0.2, 0.25) is 0 Å². The van der Waals surface area contributed by atoms with Crippen molar-refractivity contribution in [3.63, 3.8) is 0 Å². The Labute approximate surface area is 97.8 Å². The molecule has 17 heavy (non-hydrogen) atoms. The zero-order valence-corrected chi connectivity index (χ0v) is 9.54. The van der Waals surface area contributed by atoms with E-state index >= 15 is 0 Å². The maximum Gasteiger partial charge on any atom is 0.281 e. The number of aryl methyl sites for hydroxylation is 2. The average molecular weight is 232 g/mol. The van der Waals surface area contributed by atoms with Crippen LogP contribution in [0.15, 0.2) is 24.3 Å². The minimum absolute atomic E-state index is 0.0746. The van der Waals surface area contributed by atoms with Crippen LogP contribution >= 0.6 is 0 Å². The minimum Gasteiger partial charge on any atom is -0.384 e. The van der Waals surface area contributed by atoms with Gasteiger partial charge in [0.15, 0.2) is 0 Å². The third-order valence-corrected chi connectivity index (χ3v) is 2.61. The molecule has 1 heterocycles. The summed E-state index contributed by atoms with van der Waals surface area (Å²) in [7, 11) is 1.69. The van der Waals surface area contributed by atoms with Crippen LogP contribution in [0.5, 0.6) is 0 Å². The number of nitrogens with two attached hydrogens (primary N) is 1. The summed E-state index contributed by atoms with van der Waals surface area (Å²) >= 11 is 0. The van der Waals surface area contributed by atoms with Gasteiger partial charge in [-0.05, 0) is 13.0 Å². The van der Waals surface area contributed by atoms with Gasteiger partial charge in [0.05, 0.1) is 10.5 Å². The van der Waals surface area contributed by atoms with Crippen LogP contribution in [-0.2, 0) is 7.05 Å². The Kier molecular flexibility index (Phi) is 2.55. The van der Waals surface area contributed by atoms with Crippen molar-refractivity contribution in [3.8, 4) is 11.3 Å². The van der Waals surface area contributed by atoms with E-state index in [1.54, 1.807) is 38.2 Å². The molecule has 88 valence electrons. The van der Waals surface area contributed by atoms with Crippen LogP contribution in [0, 0.1) is 17.0 Å². The highest BCUT2D eigenvalue weighted by molar-refractivity contribution is 5.74. The van der Waals surface area contributed by atoms with Crippen molar-refractivity contribution in [3.05, 3.63) is 39.9 Å². The highest BCUT2D eigenvalue weighted by Crippen LogP contribution is 2.32. The van der Waals surface area contributed by atoms with Crippen molar-refractivity contribution in [1.29, 1.82) is 0 Å². The molecule has 0 saturated heterocycles. The van der Waals surface area contributed by atoms with Crippen LogP contribution < -0.4 is 5.73 Å². The summed E-state index contributed by atoms with van der Waals surface area (Å²) in [4.78, 5) is 10.7. The molecule has 2 rings (SSSR count). The maximum absolute atomic E-state index is 11.0. The van der Waals surface area contributed by atoms with Gasteiger partial charge in [0.2, 0.25) is 0 Å². The number of nitrogen functional groups attached to an aromatic ring is 1. The van der Waals surface area contributed by atoms with Gasteiger partial charge in [-0.1, -0.05) is 12.1 Å². The average Bonchev–Trinajstić information content (AvgIpc) is 2.58. The van der Waals surface area contributed by atoms with E-state index in [4.69, 9.17) is 5.73 Å². The summed E-state index contributed by atoms with van der Waals surface area (Å²) in [6.45, 7) is 1.70. The van der Waals surface area contributed by atoms with Crippen molar-refractivity contribution in [2.75, 3.05) is 5.73 Å². The first kappa shape index (κ1) is 11.1. The normalized spacial score (nSPS) is 10.5. The zero-order valence-electron chi connectivity index (χ0n) is 9.54. The van der Waals surface area contributed by atoms with Crippen molar-refractivity contribution in [2.45, 2.75) is 6.92 Å². The summed E-state index contributed by atoms with van der Waals surface area (Å²) in [5.74, 6) is 0.468. The molecule has 0 radical (unpaired) electrons. The van der Waals surface area contributed by atoms with E-state index in [0.29, 0.717) is 22.6 Å². The fourth-order valence-electron chi connectivity index (χ4n) is 1.72. The Hall–Kier alpha value is -2.37. The van der Waals surface area contributed by atoms with Gasteiger partial charge >= 0.3 is 0 Å². The van der Waals surface area contributed by atoms with E-state index in [1.165, 1.54) is 4.68 Å². The standard InChI is InChI=1S/C11H12N4O2/c1-7-4-3-5-8(11(7)15(16)17)9-6-10(12)14(2)13-9/h3-6H,12H2,1-2H3. The Morgan fingerprint density at radius 2 is 2.18 bits per heavy atom. The first-order valence-electron chi connectivity index (χ1n) is 5.04. The number of benzene rings is 1. The van der Waals surface area contributed by atoms with Gasteiger partial charge in [0.1, 0.15) is 11.5 Å². The lowest BCUT2D eigenvalue weighted by Crippen LogP contribution is -1.97. The zero-order chi connectivity index (χ0) is 12.6. The van der Waals surface area contributed by atoms with E-state index in [0.717, 1.165) is 0 Å². The second-order valence-electron chi connectivity index (χ2n) is 3.81. The monoisotopic (exact) mass is 232 g/mol. The number of hydrogen-bond donors (Lipinski definition) is 1. The molecule has 2 N–H and O–H groups in total. The molecule has 0 unspecified atom stereocenters. The number of hydrogen-bond acceptors (Lipinski definition) is 4. The lowest BCUT2D eigenvalue weighted by molar-refractivity contribution is -0.384. The second kappa shape index (κ2) is 3.89. The second-order valence-corrected chi connectivity index (χ2v) is 3.81. The molecule has 0 spiro atoms. The molecule has 0 amide bonds. The molecule has 6 nitrogen and oxygen atoms in total. The quantitative estimate of drug-likeness (QED) is 0.632. The Bertz CT molecular complexity index is 570. The lowest BCUT2D eigenvalue weighted by atomic mass is 10.1. The number of para-hydroxylation sites is 1. The van der Waals surface area contributed by atoms with Crippen LogP contribution in [0.25, 0.3) is 11.3 Å². The summed E-state index contributed by atoms with van der Waals surface area (Å²) in [6.07, 6.45) is 0. The highest BCUT2D eigenvalue weighted by Gasteiger charge is 2.20. The molecule has 0 aliphatic rings. The molecule has 2 aromatic rings. The number of nitro benzene ring substituents is 1. The molecule has 0 fully saturated rings. The predicted molar refractivity (Wildman–Crippen MR) is 64.4 cm³/mol. The summed E-state index contributed by atoms with van der Waals surface area (Å²) in [6, 6.07) is 6.77. The van der Waals surface area contributed by atoms with E-state index in [2.05, 4.69) is 5.10 Å². The number of anilines is 1. The van der Waals surface area contributed by atoms with Gasteiger partial charge in [0.25, 0.3) is 5.69 Å². The molecule has 6 heteroatoms. The van der Waals surface area contributed by atoms with Crippen LogP contribution in [-0.4, -0.2) is 14.7 Å². The largest absolute Gasteiger partial charge is 0.384 e. The summed E-state index contributed by atoms with van der Waals surface area (Å²) in [5.41, 5.74) is 7.36. The van der Waals surface area contributed by atoms with Gasteiger partial charge < -0.3 is 5.73 Å². The fraction of sp³-hybridized carbons (Fsp3) is 0.182. The first-order valence-corrected chi connectivity index (χ1v) is 5.04. The first-order chi connectivity index (χ1) is 8.00. The Morgan fingerprint density at radius 1 is 1.47 bits per heavy atom. The van der Waals surface area contributed by atoms with Crippen LogP contribution in [0.4, 0.5) is 11.5 Å². The third kappa shape index (κ3) is 1.84. The van der Waals surface area contributed by atoms with Crippen molar-refractivity contribution >= 4 is 11.5 Å². The fourth-order valence-corrected chi connectivity index (χ4v) is 1.72. The highest BCUT2D eigenvalue weighted by atomic mass is 16.6. The number of nitro groups is 1. The topological polar surface area (TPSA) is 87.0 Å². The number of nitrogens with zero attached hydrogens (tertiary/aromatic N) is 3. The van der Waals surface area contributed by atoms with Gasteiger partial charge in [-0.25, -0.2) is 0 Å². The van der Waals surface area contributed by atoms with Gasteiger partial charge in [-0.15, -0.1) is 0 Å². The molecular formula is C11H12N4O2. The number of aromatic nitrogens is 2. The molecule has 0 aliphatic heterocycles. The molecule has 0 bridgehead atoms. The SMILES string of the molecule is Cc1cccc(-c2cc(N)n(C)n2)c1[N+](=O)[O-]. The van der Waals surface area contributed by atoms with Crippen LogP contribution in [0.1, 0.15) is 5.56 Å². The predicted octanol–water partition coefficient (Wildman–Crippen LogP) is 1.89. The van der Waals surface area contributed by atoms with E-state index in [9.17, 15) is 10.1 Å². The minimum atomic E-state index is -0.393. The Morgan fingerprint density at radius 3 is 2.71 bits per heavy atom. The van der Waals surface area contributed by atoms with Gasteiger partial charge in [-0.3, -0.25) is 14.8 Å².